The Morgan fingerprint density at radius 3 is 2.67 bits per heavy atom. The molecule has 0 atom stereocenters. The van der Waals surface area contributed by atoms with E-state index in [0.717, 1.165) is 18.7 Å². The molecule has 0 aliphatic rings. The Morgan fingerprint density at radius 2 is 2.06 bits per heavy atom. The number of rotatable bonds is 7. The lowest BCUT2D eigenvalue weighted by Gasteiger charge is -2.12. The Labute approximate surface area is 109 Å². The van der Waals surface area contributed by atoms with Gasteiger partial charge in [0.25, 0.3) is 5.56 Å². The molecular weight excluding hydrogens is 228 g/mol. The fourth-order valence-corrected chi connectivity index (χ4v) is 1.73. The number of pyridine rings is 1. The molecule has 4 heteroatoms. The first kappa shape index (κ1) is 14.9. The minimum Gasteiger partial charge on any atom is -0.380 e. The van der Waals surface area contributed by atoms with Gasteiger partial charge in [-0.05, 0) is 25.3 Å². The van der Waals surface area contributed by atoms with Gasteiger partial charge in [0.1, 0.15) is 0 Å². The molecule has 0 aromatic carbocycles. The third kappa shape index (κ3) is 4.27. The Balaban J connectivity index is 2.54. The highest BCUT2D eigenvalue weighted by Crippen LogP contribution is 2.00. The van der Waals surface area contributed by atoms with Crippen LogP contribution in [0.4, 0.5) is 0 Å². The van der Waals surface area contributed by atoms with Crippen LogP contribution in [0.2, 0.25) is 0 Å². The monoisotopic (exact) mass is 252 g/mol. The van der Waals surface area contributed by atoms with Crippen molar-refractivity contribution in [3.63, 3.8) is 0 Å². The number of hydrogen-bond donors (Lipinski definition) is 1. The third-order valence-electron chi connectivity index (χ3n) is 2.99. The van der Waals surface area contributed by atoms with E-state index in [0.29, 0.717) is 24.6 Å². The van der Waals surface area contributed by atoms with Gasteiger partial charge in [0.15, 0.2) is 0 Å². The van der Waals surface area contributed by atoms with Gasteiger partial charge in [-0.25, -0.2) is 0 Å². The Kier molecular flexibility index (Phi) is 6.09. The van der Waals surface area contributed by atoms with E-state index in [9.17, 15) is 4.79 Å². The second kappa shape index (κ2) is 7.34. The fourth-order valence-electron chi connectivity index (χ4n) is 1.73. The molecule has 4 nitrogen and oxygen atoms in total. The summed E-state index contributed by atoms with van der Waals surface area (Å²) in [6, 6.07) is 3.73. The van der Waals surface area contributed by atoms with Crippen LogP contribution >= 0.6 is 0 Å². The second-order valence-corrected chi connectivity index (χ2v) is 4.96. The number of nitrogens with two attached hydrogens (primary N) is 1. The van der Waals surface area contributed by atoms with Gasteiger partial charge in [0.05, 0.1) is 6.61 Å². The lowest BCUT2D eigenvalue weighted by atomic mass is 10.1. The molecule has 1 heterocycles. The van der Waals surface area contributed by atoms with Gasteiger partial charge in [0, 0.05) is 31.0 Å². The lowest BCUT2D eigenvalue weighted by Crippen LogP contribution is -2.28. The zero-order valence-corrected chi connectivity index (χ0v) is 11.6. The summed E-state index contributed by atoms with van der Waals surface area (Å²) in [5, 5.41) is 0. The van der Waals surface area contributed by atoms with E-state index >= 15 is 0 Å². The largest absolute Gasteiger partial charge is 0.380 e. The Bertz CT molecular complexity index is 424. The standard InChI is InChI=1S/C14H24N2O2/c1-11(2)6-8-18-9-7-16-12(3)4-5-13(10-15)14(16)17/h4-5,11H,6-10,15H2,1-3H3. The van der Waals surface area contributed by atoms with E-state index in [-0.39, 0.29) is 12.1 Å². The summed E-state index contributed by atoms with van der Waals surface area (Å²) in [7, 11) is 0. The molecule has 0 saturated carbocycles. The molecular formula is C14H24N2O2. The molecule has 0 bridgehead atoms. The summed E-state index contributed by atoms with van der Waals surface area (Å²) < 4.78 is 7.27. The molecule has 0 aliphatic heterocycles. The zero-order chi connectivity index (χ0) is 13.5. The lowest BCUT2D eigenvalue weighted by molar-refractivity contribution is 0.115. The van der Waals surface area contributed by atoms with Crippen molar-refractivity contribution in [2.75, 3.05) is 13.2 Å². The summed E-state index contributed by atoms with van der Waals surface area (Å²) in [5.41, 5.74) is 7.14. The smallest absolute Gasteiger partial charge is 0.255 e. The molecule has 1 rings (SSSR count). The zero-order valence-electron chi connectivity index (χ0n) is 11.6. The molecule has 0 spiro atoms. The van der Waals surface area contributed by atoms with Gasteiger partial charge in [-0.1, -0.05) is 19.9 Å². The SMILES string of the molecule is Cc1ccc(CN)c(=O)n1CCOCCC(C)C. The highest BCUT2D eigenvalue weighted by atomic mass is 16.5. The second-order valence-electron chi connectivity index (χ2n) is 4.96. The van der Waals surface area contributed by atoms with Crippen LogP contribution in [-0.2, 0) is 17.8 Å². The average molecular weight is 252 g/mol. The fraction of sp³-hybridized carbons (Fsp3) is 0.643. The minimum absolute atomic E-state index is 0.00459. The maximum absolute atomic E-state index is 12.0. The average Bonchev–Trinajstić information content (AvgIpc) is 2.32. The highest BCUT2D eigenvalue weighted by Gasteiger charge is 2.04. The summed E-state index contributed by atoms with van der Waals surface area (Å²) >= 11 is 0. The van der Waals surface area contributed by atoms with Crippen LogP contribution in [0.15, 0.2) is 16.9 Å². The van der Waals surface area contributed by atoms with Crippen molar-refractivity contribution in [2.24, 2.45) is 11.7 Å². The van der Waals surface area contributed by atoms with Crippen LogP contribution in [0.25, 0.3) is 0 Å². The first-order valence-electron chi connectivity index (χ1n) is 6.53. The molecule has 0 unspecified atom stereocenters. The van der Waals surface area contributed by atoms with Crippen molar-refractivity contribution < 1.29 is 4.74 Å². The predicted octanol–water partition coefficient (Wildman–Crippen LogP) is 1.68. The number of nitrogens with zero attached hydrogens (tertiary/aromatic N) is 1. The van der Waals surface area contributed by atoms with Gasteiger partial charge in [-0.3, -0.25) is 4.79 Å². The molecule has 2 N–H and O–H groups in total. The first-order chi connectivity index (χ1) is 8.56. The van der Waals surface area contributed by atoms with E-state index < -0.39 is 0 Å². The van der Waals surface area contributed by atoms with Crippen molar-refractivity contribution >= 4 is 0 Å². The first-order valence-corrected chi connectivity index (χ1v) is 6.53. The van der Waals surface area contributed by atoms with Gasteiger partial charge >= 0.3 is 0 Å². The van der Waals surface area contributed by atoms with Gasteiger partial charge in [-0.15, -0.1) is 0 Å². The summed E-state index contributed by atoms with van der Waals surface area (Å²) in [5.74, 6) is 0.648. The van der Waals surface area contributed by atoms with Crippen molar-refractivity contribution in [1.29, 1.82) is 0 Å². The van der Waals surface area contributed by atoms with E-state index in [1.165, 1.54) is 0 Å². The van der Waals surface area contributed by atoms with Crippen LogP contribution in [0.3, 0.4) is 0 Å². The highest BCUT2D eigenvalue weighted by molar-refractivity contribution is 5.15. The van der Waals surface area contributed by atoms with E-state index in [1.807, 2.05) is 13.0 Å². The van der Waals surface area contributed by atoms with Crippen molar-refractivity contribution in [3.05, 3.63) is 33.7 Å². The van der Waals surface area contributed by atoms with Crippen molar-refractivity contribution in [1.82, 2.24) is 4.57 Å². The number of aryl methyl sites for hydroxylation is 1. The summed E-state index contributed by atoms with van der Waals surface area (Å²) in [4.78, 5) is 12.0. The van der Waals surface area contributed by atoms with Crippen LogP contribution in [0, 0.1) is 12.8 Å². The Morgan fingerprint density at radius 1 is 1.33 bits per heavy atom. The minimum atomic E-state index is 0.00459. The molecule has 102 valence electrons. The van der Waals surface area contributed by atoms with Crippen LogP contribution in [0.1, 0.15) is 31.5 Å². The molecule has 1 aromatic heterocycles. The number of hydrogen-bond acceptors (Lipinski definition) is 3. The quantitative estimate of drug-likeness (QED) is 0.751. The van der Waals surface area contributed by atoms with Crippen LogP contribution < -0.4 is 11.3 Å². The third-order valence-corrected chi connectivity index (χ3v) is 2.99. The van der Waals surface area contributed by atoms with E-state index in [4.69, 9.17) is 10.5 Å². The van der Waals surface area contributed by atoms with Crippen molar-refractivity contribution in [2.45, 2.75) is 40.3 Å². The van der Waals surface area contributed by atoms with Crippen molar-refractivity contribution in [3.8, 4) is 0 Å². The number of aromatic nitrogens is 1. The van der Waals surface area contributed by atoms with E-state index in [1.54, 1.807) is 10.6 Å². The van der Waals surface area contributed by atoms with Crippen LogP contribution in [0.5, 0.6) is 0 Å². The predicted molar refractivity (Wildman–Crippen MR) is 73.6 cm³/mol. The Hall–Kier alpha value is -1.13. The normalized spacial score (nSPS) is 11.2. The molecule has 0 amide bonds. The summed E-state index contributed by atoms with van der Waals surface area (Å²) in [6.07, 6.45) is 1.05. The maximum Gasteiger partial charge on any atom is 0.255 e. The number of ether oxygens (including phenoxy) is 1. The molecule has 0 aliphatic carbocycles. The molecule has 0 radical (unpaired) electrons. The molecule has 1 aromatic rings. The summed E-state index contributed by atoms with van der Waals surface area (Å²) in [6.45, 7) is 8.47. The van der Waals surface area contributed by atoms with Gasteiger partial charge in [0.2, 0.25) is 0 Å². The topological polar surface area (TPSA) is 57.2 Å². The van der Waals surface area contributed by atoms with Gasteiger partial charge < -0.3 is 15.0 Å². The maximum atomic E-state index is 12.0. The van der Waals surface area contributed by atoms with Crippen LogP contribution in [-0.4, -0.2) is 17.8 Å². The molecule has 0 fully saturated rings. The molecule has 18 heavy (non-hydrogen) atoms. The van der Waals surface area contributed by atoms with Gasteiger partial charge in [-0.2, -0.15) is 0 Å². The van der Waals surface area contributed by atoms with E-state index in [2.05, 4.69) is 13.8 Å². The molecule has 0 saturated heterocycles.